The maximum atomic E-state index is 2.32. The van der Waals surface area contributed by atoms with E-state index >= 15 is 0 Å². The van der Waals surface area contributed by atoms with Crippen LogP contribution in [-0.2, 0) is 0 Å². The predicted molar refractivity (Wildman–Crippen MR) is 55.2 cm³/mol. The first kappa shape index (κ1) is 10.7. The topological polar surface area (TPSA) is 0 Å². The molecule has 0 fully saturated rings. The van der Waals surface area contributed by atoms with Gasteiger partial charge in [-0.15, -0.1) is 0 Å². The Morgan fingerprint density at radius 1 is 1.18 bits per heavy atom. The van der Waals surface area contributed by atoms with Crippen LogP contribution in [0.2, 0.25) is 0 Å². The van der Waals surface area contributed by atoms with Gasteiger partial charge in [0.15, 0.2) is 0 Å². The zero-order chi connectivity index (χ0) is 7.40. The SMILES string of the molecule is CCP(C)c1ccccc1.[B]. The van der Waals surface area contributed by atoms with Gasteiger partial charge >= 0.3 is 0 Å². The average molecular weight is 163 g/mol. The van der Waals surface area contributed by atoms with E-state index in [0.29, 0.717) is 0 Å². The molecule has 11 heavy (non-hydrogen) atoms. The first-order valence-electron chi connectivity index (χ1n) is 3.60. The van der Waals surface area contributed by atoms with E-state index in [1.165, 1.54) is 11.5 Å². The second kappa shape index (κ2) is 5.38. The molecule has 1 aromatic rings. The molecule has 0 spiro atoms. The van der Waals surface area contributed by atoms with Gasteiger partial charge in [0.1, 0.15) is 0 Å². The normalized spacial score (nSPS) is 11.8. The highest BCUT2D eigenvalue weighted by Crippen LogP contribution is 2.27. The van der Waals surface area contributed by atoms with Crippen LogP contribution >= 0.6 is 7.92 Å². The summed E-state index contributed by atoms with van der Waals surface area (Å²) in [5, 5.41) is 1.51. The first-order valence-corrected chi connectivity index (χ1v) is 5.58. The summed E-state index contributed by atoms with van der Waals surface area (Å²) in [5.74, 6) is 0. The highest BCUT2D eigenvalue weighted by molar-refractivity contribution is 7.64. The number of hydrogen-bond donors (Lipinski definition) is 0. The quantitative estimate of drug-likeness (QED) is 0.462. The van der Waals surface area contributed by atoms with Crippen LogP contribution in [-0.4, -0.2) is 21.2 Å². The lowest BCUT2D eigenvalue weighted by Crippen LogP contribution is -1.98. The highest BCUT2D eigenvalue weighted by Gasteiger charge is 1.97. The first-order chi connectivity index (χ1) is 4.84. The second-order valence-electron chi connectivity index (χ2n) is 2.35. The summed E-state index contributed by atoms with van der Waals surface area (Å²) < 4.78 is 0. The average Bonchev–Trinajstić information content (AvgIpc) is 2.05. The maximum absolute atomic E-state index is 2.32. The van der Waals surface area contributed by atoms with E-state index in [1.54, 1.807) is 0 Å². The van der Waals surface area contributed by atoms with Crippen LogP contribution in [0.15, 0.2) is 30.3 Å². The van der Waals surface area contributed by atoms with Crippen molar-refractivity contribution in [1.82, 2.24) is 0 Å². The van der Waals surface area contributed by atoms with Gasteiger partial charge in [-0.1, -0.05) is 45.2 Å². The largest absolute Gasteiger partial charge is 0.0788 e. The second-order valence-corrected chi connectivity index (χ2v) is 4.89. The van der Waals surface area contributed by atoms with Gasteiger partial charge < -0.3 is 0 Å². The summed E-state index contributed by atoms with van der Waals surface area (Å²) in [6, 6.07) is 10.7. The zero-order valence-corrected chi connectivity index (χ0v) is 8.01. The third-order valence-corrected chi connectivity index (χ3v) is 3.80. The number of hydrogen-bond acceptors (Lipinski definition) is 0. The minimum atomic E-state index is 0. The Labute approximate surface area is 72.3 Å². The van der Waals surface area contributed by atoms with Crippen LogP contribution in [0.5, 0.6) is 0 Å². The van der Waals surface area contributed by atoms with Gasteiger partial charge in [-0.2, -0.15) is 0 Å². The Bertz CT molecular complexity index is 186. The van der Waals surface area contributed by atoms with E-state index in [1.807, 2.05) is 0 Å². The summed E-state index contributed by atoms with van der Waals surface area (Å²) in [6.07, 6.45) is 1.29. The summed E-state index contributed by atoms with van der Waals surface area (Å²) >= 11 is 0. The molecule has 1 unspecified atom stereocenters. The Kier molecular flexibility index (Phi) is 5.24. The Morgan fingerprint density at radius 3 is 2.18 bits per heavy atom. The van der Waals surface area contributed by atoms with Gasteiger partial charge in [0, 0.05) is 8.41 Å². The van der Waals surface area contributed by atoms with E-state index in [-0.39, 0.29) is 16.3 Å². The predicted octanol–water partition coefficient (Wildman–Crippen LogP) is 2.06. The van der Waals surface area contributed by atoms with Crippen molar-refractivity contribution >= 4 is 21.6 Å². The molecule has 0 saturated carbocycles. The lowest BCUT2D eigenvalue weighted by Gasteiger charge is -2.07. The molecule has 0 amide bonds. The van der Waals surface area contributed by atoms with Crippen LogP contribution < -0.4 is 5.30 Å². The van der Waals surface area contributed by atoms with Gasteiger partial charge in [0.05, 0.1) is 0 Å². The molecule has 3 radical (unpaired) electrons. The van der Waals surface area contributed by atoms with Gasteiger partial charge in [0.2, 0.25) is 0 Å². The lowest BCUT2D eigenvalue weighted by molar-refractivity contribution is 1.50. The fourth-order valence-electron chi connectivity index (χ4n) is 0.865. The lowest BCUT2D eigenvalue weighted by atomic mass is 10.4. The smallest absolute Gasteiger partial charge is 0 e. The van der Waals surface area contributed by atoms with E-state index in [4.69, 9.17) is 0 Å². The molecule has 0 aromatic heterocycles. The third-order valence-electron chi connectivity index (χ3n) is 1.67. The van der Waals surface area contributed by atoms with Crippen molar-refractivity contribution in [3.05, 3.63) is 30.3 Å². The fraction of sp³-hybridized carbons (Fsp3) is 0.333. The minimum absolute atomic E-state index is 0. The Balaban J connectivity index is 0.000001000. The summed E-state index contributed by atoms with van der Waals surface area (Å²) in [5.41, 5.74) is 0. The summed E-state index contributed by atoms with van der Waals surface area (Å²) in [6.45, 7) is 4.57. The molecule has 1 aromatic carbocycles. The van der Waals surface area contributed by atoms with Crippen molar-refractivity contribution in [2.24, 2.45) is 0 Å². The van der Waals surface area contributed by atoms with Crippen molar-refractivity contribution in [3.63, 3.8) is 0 Å². The van der Waals surface area contributed by atoms with E-state index < -0.39 is 0 Å². The van der Waals surface area contributed by atoms with Crippen molar-refractivity contribution in [2.75, 3.05) is 12.8 Å². The molecule has 1 atom stereocenters. The maximum Gasteiger partial charge on any atom is 0 e. The van der Waals surface area contributed by atoms with Gasteiger partial charge in [-0.05, 0) is 18.1 Å². The van der Waals surface area contributed by atoms with Crippen LogP contribution in [0.3, 0.4) is 0 Å². The molecular weight excluding hydrogens is 150 g/mol. The van der Waals surface area contributed by atoms with Crippen molar-refractivity contribution in [1.29, 1.82) is 0 Å². The van der Waals surface area contributed by atoms with E-state index in [2.05, 4.69) is 43.9 Å². The molecule has 57 valence electrons. The van der Waals surface area contributed by atoms with Crippen molar-refractivity contribution in [3.8, 4) is 0 Å². The molecule has 0 aliphatic heterocycles. The molecule has 0 bridgehead atoms. The van der Waals surface area contributed by atoms with E-state index in [0.717, 1.165) is 0 Å². The Hall–Kier alpha value is -0.285. The summed E-state index contributed by atoms with van der Waals surface area (Å²) in [4.78, 5) is 0. The molecule has 0 aliphatic rings. The fourth-order valence-corrected chi connectivity index (χ4v) is 1.91. The molecule has 0 aliphatic carbocycles. The monoisotopic (exact) mass is 163 g/mol. The summed E-state index contributed by atoms with van der Waals surface area (Å²) in [7, 11) is 0.127. The standard InChI is InChI=1S/C9H13P.B/c1-3-10(2)9-7-5-4-6-8-9;/h4-8H,3H2,1-2H3;. The third kappa shape index (κ3) is 3.07. The minimum Gasteiger partial charge on any atom is -0.0788 e. The molecular formula is C9H13BP. The van der Waals surface area contributed by atoms with Gasteiger partial charge in [-0.25, -0.2) is 0 Å². The zero-order valence-electron chi connectivity index (χ0n) is 7.12. The van der Waals surface area contributed by atoms with E-state index in [9.17, 15) is 0 Å². The van der Waals surface area contributed by atoms with Crippen LogP contribution in [0.4, 0.5) is 0 Å². The molecule has 0 heterocycles. The van der Waals surface area contributed by atoms with Crippen LogP contribution in [0, 0.1) is 0 Å². The van der Waals surface area contributed by atoms with Gasteiger partial charge in [-0.3, -0.25) is 0 Å². The molecule has 2 heteroatoms. The molecule has 0 saturated heterocycles. The molecule has 0 N–H and O–H groups in total. The number of benzene rings is 1. The van der Waals surface area contributed by atoms with Crippen molar-refractivity contribution < 1.29 is 0 Å². The number of rotatable bonds is 2. The molecule has 0 nitrogen and oxygen atoms in total. The Morgan fingerprint density at radius 2 is 1.73 bits per heavy atom. The highest BCUT2D eigenvalue weighted by atomic mass is 31.1. The van der Waals surface area contributed by atoms with Crippen LogP contribution in [0.1, 0.15) is 6.92 Å². The van der Waals surface area contributed by atoms with Crippen LogP contribution in [0.25, 0.3) is 0 Å². The van der Waals surface area contributed by atoms with Crippen molar-refractivity contribution in [2.45, 2.75) is 6.92 Å². The molecule has 1 rings (SSSR count). The van der Waals surface area contributed by atoms with Gasteiger partial charge in [0.25, 0.3) is 0 Å².